The molecular formula is C21H26N4O3. The van der Waals surface area contributed by atoms with Crippen LogP contribution in [0.4, 0.5) is 11.4 Å². The molecule has 4 rings (SSSR count). The van der Waals surface area contributed by atoms with Crippen LogP contribution in [0.1, 0.15) is 48.9 Å². The fourth-order valence-corrected chi connectivity index (χ4v) is 3.44. The minimum Gasteiger partial charge on any atom is -0.494 e. The Morgan fingerprint density at radius 2 is 2.14 bits per heavy atom. The van der Waals surface area contributed by atoms with E-state index >= 15 is 0 Å². The first-order valence-electron chi connectivity index (χ1n) is 9.66. The average molecular weight is 382 g/mol. The van der Waals surface area contributed by atoms with Crippen LogP contribution >= 0.6 is 0 Å². The molecule has 1 aromatic heterocycles. The number of rotatable bonds is 5. The Labute approximate surface area is 165 Å². The number of ether oxygens (including phenoxy) is 2. The van der Waals surface area contributed by atoms with Crippen molar-refractivity contribution in [2.75, 3.05) is 37.0 Å². The van der Waals surface area contributed by atoms with E-state index in [1.807, 2.05) is 18.2 Å². The van der Waals surface area contributed by atoms with Gasteiger partial charge in [0.1, 0.15) is 17.3 Å². The molecule has 2 heterocycles. The van der Waals surface area contributed by atoms with E-state index in [-0.39, 0.29) is 11.5 Å². The first-order chi connectivity index (χ1) is 13.4. The lowest BCUT2D eigenvalue weighted by Crippen LogP contribution is -2.48. The molecule has 28 heavy (non-hydrogen) atoms. The molecule has 148 valence electrons. The topological polar surface area (TPSA) is 76.6 Å². The molecule has 0 unspecified atom stereocenters. The SMILES string of the molecule is COc1cc(N2CCOC(C)(C)C2)ccc1NC(=O)c1ccnc(C2CC2)n1. The monoisotopic (exact) mass is 382 g/mol. The Bertz CT molecular complexity index is 880. The van der Waals surface area contributed by atoms with E-state index < -0.39 is 0 Å². The maximum absolute atomic E-state index is 12.7. The van der Waals surface area contributed by atoms with Gasteiger partial charge in [-0.1, -0.05) is 0 Å². The molecule has 1 aliphatic carbocycles. The molecule has 1 amide bonds. The zero-order chi connectivity index (χ0) is 19.7. The fourth-order valence-electron chi connectivity index (χ4n) is 3.44. The Balaban J connectivity index is 1.51. The molecule has 0 spiro atoms. The maximum Gasteiger partial charge on any atom is 0.274 e. The number of aromatic nitrogens is 2. The highest BCUT2D eigenvalue weighted by molar-refractivity contribution is 6.03. The van der Waals surface area contributed by atoms with Gasteiger partial charge in [-0.15, -0.1) is 0 Å². The molecular weight excluding hydrogens is 356 g/mol. The Morgan fingerprint density at radius 1 is 1.32 bits per heavy atom. The van der Waals surface area contributed by atoms with E-state index in [1.54, 1.807) is 19.4 Å². The highest BCUT2D eigenvalue weighted by Crippen LogP contribution is 2.38. The van der Waals surface area contributed by atoms with Crippen molar-refractivity contribution in [3.63, 3.8) is 0 Å². The first kappa shape index (κ1) is 18.7. The number of anilines is 2. The van der Waals surface area contributed by atoms with Gasteiger partial charge in [-0.2, -0.15) is 0 Å². The fraction of sp³-hybridized carbons (Fsp3) is 0.476. The summed E-state index contributed by atoms with van der Waals surface area (Å²) in [5, 5.41) is 2.91. The lowest BCUT2D eigenvalue weighted by molar-refractivity contribution is -0.0277. The normalized spacial score (nSPS) is 18.6. The van der Waals surface area contributed by atoms with Crippen LogP contribution in [0.15, 0.2) is 30.5 Å². The summed E-state index contributed by atoms with van der Waals surface area (Å²) in [6, 6.07) is 7.46. The van der Waals surface area contributed by atoms with Crippen molar-refractivity contribution in [3.05, 3.63) is 42.0 Å². The van der Waals surface area contributed by atoms with Gasteiger partial charge < -0.3 is 19.7 Å². The zero-order valence-corrected chi connectivity index (χ0v) is 16.6. The molecule has 1 saturated carbocycles. The van der Waals surface area contributed by atoms with Crippen molar-refractivity contribution in [1.29, 1.82) is 0 Å². The molecule has 1 aliphatic heterocycles. The minimum atomic E-state index is -0.261. The lowest BCUT2D eigenvalue weighted by Gasteiger charge is -2.39. The van der Waals surface area contributed by atoms with Gasteiger partial charge in [0.05, 0.1) is 25.0 Å². The summed E-state index contributed by atoms with van der Waals surface area (Å²) in [4.78, 5) is 23.6. The van der Waals surface area contributed by atoms with Gasteiger partial charge in [0.15, 0.2) is 0 Å². The molecule has 0 atom stereocenters. The van der Waals surface area contributed by atoms with Gasteiger partial charge in [-0.05, 0) is 44.9 Å². The van der Waals surface area contributed by atoms with Crippen LogP contribution in [0.5, 0.6) is 5.75 Å². The molecule has 1 saturated heterocycles. The van der Waals surface area contributed by atoms with Crippen molar-refractivity contribution in [3.8, 4) is 5.75 Å². The summed E-state index contributed by atoms with van der Waals surface area (Å²) in [5.41, 5.74) is 1.85. The number of methoxy groups -OCH3 is 1. The number of hydrogen-bond donors (Lipinski definition) is 1. The third kappa shape index (κ3) is 4.09. The molecule has 2 aliphatic rings. The van der Waals surface area contributed by atoms with Crippen molar-refractivity contribution < 1.29 is 14.3 Å². The highest BCUT2D eigenvalue weighted by Gasteiger charge is 2.28. The predicted molar refractivity (Wildman–Crippen MR) is 107 cm³/mol. The predicted octanol–water partition coefficient (Wildman–Crippen LogP) is 3.23. The number of benzene rings is 1. The summed E-state index contributed by atoms with van der Waals surface area (Å²) in [6.45, 7) is 6.48. The number of carbonyl (C=O) groups is 1. The lowest BCUT2D eigenvalue weighted by atomic mass is 10.1. The number of nitrogens with one attached hydrogen (secondary N) is 1. The summed E-state index contributed by atoms with van der Waals surface area (Å²) in [6.07, 6.45) is 3.84. The molecule has 1 N–H and O–H groups in total. The minimum absolute atomic E-state index is 0.190. The average Bonchev–Trinajstić information content (AvgIpc) is 3.53. The Morgan fingerprint density at radius 3 is 2.86 bits per heavy atom. The van der Waals surface area contributed by atoms with Crippen molar-refractivity contribution >= 4 is 17.3 Å². The summed E-state index contributed by atoms with van der Waals surface area (Å²) in [7, 11) is 1.61. The van der Waals surface area contributed by atoms with Crippen LogP contribution in [-0.4, -0.2) is 48.3 Å². The van der Waals surface area contributed by atoms with Crippen LogP contribution in [0.2, 0.25) is 0 Å². The van der Waals surface area contributed by atoms with Gasteiger partial charge in [-0.3, -0.25) is 4.79 Å². The number of morpholine rings is 1. The zero-order valence-electron chi connectivity index (χ0n) is 16.6. The Hall–Kier alpha value is -2.67. The van der Waals surface area contributed by atoms with E-state index in [4.69, 9.17) is 9.47 Å². The van der Waals surface area contributed by atoms with Crippen molar-refractivity contribution in [2.45, 2.75) is 38.2 Å². The molecule has 7 nitrogen and oxygen atoms in total. The third-order valence-electron chi connectivity index (χ3n) is 5.07. The Kier molecular flexibility index (Phi) is 4.93. The quantitative estimate of drug-likeness (QED) is 0.856. The molecule has 7 heteroatoms. The van der Waals surface area contributed by atoms with E-state index in [2.05, 4.69) is 34.0 Å². The number of amides is 1. The molecule has 0 bridgehead atoms. The van der Waals surface area contributed by atoms with E-state index in [0.29, 0.717) is 29.7 Å². The van der Waals surface area contributed by atoms with Crippen LogP contribution in [0.25, 0.3) is 0 Å². The second-order valence-electron chi connectivity index (χ2n) is 7.94. The number of nitrogens with zero attached hydrogens (tertiary/aromatic N) is 3. The second-order valence-corrected chi connectivity index (χ2v) is 7.94. The number of carbonyl (C=O) groups excluding carboxylic acids is 1. The highest BCUT2D eigenvalue weighted by atomic mass is 16.5. The molecule has 2 fully saturated rings. The molecule has 0 radical (unpaired) electrons. The van der Waals surface area contributed by atoms with Gasteiger partial charge in [0.2, 0.25) is 0 Å². The van der Waals surface area contributed by atoms with Crippen molar-refractivity contribution in [2.24, 2.45) is 0 Å². The smallest absolute Gasteiger partial charge is 0.274 e. The number of hydrogen-bond acceptors (Lipinski definition) is 6. The molecule has 2 aromatic rings. The molecule has 1 aromatic carbocycles. The van der Waals surface area contributed by atoms with Crippen molar-refractivity contribution in [1.82, 2.24) is 9.97 Å². The van der Waals surface area contributed by atoms with Gasteiger partial charge >= 0.3 is 0 Å². The van der Waals surface area contributed by atoms with Crippen LogP contribution in [0.3, 0.4) is 0 Å². The maximum atomic E-state index is 12.7. The van der Waals surface area contributed by atoms with E-state index in [0.717, 1.165) is 37.4 Å². The third-order valence-corrected chi connectivity index (χ3v) is 5.07. The van der Waals surface area contributed by atoms with E-state index in [9.17, 15) is 4.79 Å². The van der Waals surface area contributed by atoms with Crippen LogP contribution < -0.4 is 15.0 Å². The van der Waals surface area contributed by atoms with E-state index in [1.165, 1.54) is 0 Å². The summed E-state index contributed by atoms with van der Waals surface area (Å²) < 4.78 is 11.3. The van der Waals surface area contributed by atoms with Gasteiger partial charge in [0, 0.05) is 37.0 Å². The summed E-state index contributed by atoms with van der Waals surface area (Å²) >= 11 is 0. The summed E-state index contributed by atoms with van der Waals surface area (Å²) in [5.74, 6) is 1.51. The van der Waals surface area contributed by atoms with Crippen LogP contribution in [0, 0.1) is 0 Å². The second kappa shape index (κ2) is 7.39. The first-order valence-corrected chi connectivity index (χ1v) is 9.66. The van der Waals surface area contributed by atoms with Crippen LogP contribution in [-0.2, 0) is 4.74 Å². The van der Waals surface area contributed by atoms with Gasteiger partial charge in [-0.25, -0.2) is 9.97 Å². The largest absolute Gasteiger partial charge is 0.494 e. The van der Waals surface area contributed by atoms with Gasteiger partial charge in [0.25, 0.3) is 5.91 Å². The standard InChI is InChI=1S/C21H26N4O3/c1-21(2)13-25(10-11-28-21)15-6-7-16(18(12-15)27-3)24-20(26)17-8-9-22-19(23-17)14-4-5-14/h6-9,12,14H,4-5,10-11,13H2,1-3H3,(H,24,26).